The first-order chi connectivity index (χ1) is 45.4. The zero-order chi connectivity index (χ0) is 71.7. The van der Waals surface area contributed by atoms with E-state index in [4.69, 9.17) is 35.2 Å². The number of ketones is 2. The third kappa shape index (κ3) is 17.5. The summed E-state index contributed by atoms with van der Waals surface area (Å²) >= 11 is 0. The van der Waals surface area contributed by atoms with Gasteiger partial charge in [0.1, 0.15) is 53.2 Å². The molecule has 0 aromatic heterocycles. The molecule has 0 spiro atoms. The first-order valence-corrected chi connectivity index (χ1v) is 32.2. The van der Waals surface area contributed by atoms with Crippen molar-refractivity contribution in [1.29, 1.82) is 0 Å². The number of aliphatic hydroxyl groups excluding tert-OH is 2. The fourth-order valence-electron chi connectivity index (χ4n) is 13.6. The number of unbranched alkanes of at least 4 members (excludes halogenated alkanes) is 1. The van der Waals surface area contributed by atoms with Gasteiger partial charge in [-0.2, -0.15) is 0 Å². The fraction of sp³-hybridized carbons (Fsp3) is 0.529. The van der Waals surface area contributed by atoms with E-state index in [1.807, 2.05) is 0 Å². The molecule has 4 aliphatic rings. The summed E-state index contributed by atoms with van der Waals surface area (Å²) in [7, 11) is 0. The lowest BCUT2D eigenvalue weighted by molar-refractivity contribution is -0.313. The van der Waals surface area contributed by atoms with E-state index in [-0.39, 0.29) is 79.5 Å². The van der Waals surface area contributed by atoms with Crippen molar-refractivity contribution in [2.24, 2.45) is 39.5 Å². The van der Waals surface area contributed by atoms with Crippen molar-refractivity contribution in [3.63, 3.8) is 0 Å². The summed E-state index contributed by atoms with van der Waals surface area (Å²) in [4.78, 5) is 149. The first kappa shape index (κ1) is 75.6. The van der Waals surface area contributed by atoms with Crippen LogP contribution in [0.2, 0.25) is 0 Å². The van der Waals surface area contributed by atoms with Crippen molar-refractivity contribution >= 4 is 71.2 Å². The third-order valence-corrected chi connectivity index (χ3v) is 19.2. The second kappa shape index (κ2) is 31.2. The van der Waals surface area contributed by atoms with E-state index >= 15 is 9.59 Å². The van der Waals surface area contributed by atoms with Gasteiger partial charge < -0.3 is 71.7 Å². The van der Waals surface area contributed by atoms with Gasteiger partial charge in [-0.25, -0.2) is 23.2 Å². The number of benzene rings is 3. The molecule has 1 saturated heterocycles. The Morgan fingerprint density at radius 1 is 0.814 bits per heavy atom. The molecule has 2 bridgehead atoms. The number of primary amides is 2. The number of nitrogens with one attached hydrogen (secondary N) is 4. The number of rotatable bonds is 28. The minimum Gasteiger partial charge on any atom is -0.455 e. The molecule has 2 unspecified atom stereocenters. The second-order valence-corrected chi connectivity index (χ2v) is 27.4. The number of aliphatic hydroxyl groups is 3. The van der Waals surface area contributed by atoms with Crippen LogP contribution in [0.5, 0.6) is 0 Å². The molecule has 14 atom stereocenters. The van der Waals surface area contributed by atoms with E-state index in [1.165, 1.54) is 45.0 Å². The number of hydrogen-bond acceptors (Lipinski definition) is 19. The van der Waals surface area contributed by atoms with Gasteiger partial charge in [0.2, 0.25) is 35.6 Å². The summed E-state index contributed by atoms with van der Waals surface area (Å²) in [6.07, 6.45) is -10.8. The number of hydrogen-bond donors (Lipinski definition) is 9. The van der Waals surface area contributed by atoms with Gasteiger partial charge in [0.25, 0.3) is 0 Å². The maximum absolute atomic E-state index is 15.2. The summed E-state index contributed by atoms with van der Waals surface area (Å²) < 4.78 is 57.5. The van der Waals surface area contributed by atoms with Crippen LogP contribution in [0, 0.1) is 39.7 Å². The molecular formula is C70H88F2N6O19. The van der Waals surface area contributed by atoms with Crippen LogP contribution in [0.15, 0.2) is 96.1 Å². The molecular weight excluding hydrogens is 1270 g/mol. The van der Waals surface area contributed by atoms with Crippen molar-refractivity contribution in [1.82, 2.24) is 21.3 Å². The molecule has 27 heteroatoms. The molecule has 1 aliphatic heterocycles. The summed E-state index contributed by atoms with van der Waals surface area (Å²) in [5, 5.41) is 48.4. The molecule has 0 radical (unpaired) electrons. The van der Waals surface area contributed by atoms with Crippen molar-refractivity contribution in [2.45, 2.75) is 192 Å². The van der Waals surface area contributed by atoms with Crippen LogP contribution in [0.3, 0.4) is 0 Å². The second-order valence-electron chi connectivity index (χ2n) is 27.4. The minimum atomic E-state index is -2.34. The molecule has 2 saturated carbocycles. The largest absolute Gasteiger partial charge is 0.455 e. The van der Waals surface area contributed by atoms with Gasteiger partial charge in [-0.3, -0.25) is 38.4 Å². The highest BCUT2D eigenvalue weighted by atomic mass is 19.1. The number of carbonyl (C=O) groups excluding carboxylic acids is 11. The van der Waals surface area contributed by atoms with Crippen LogP contribution >= 0.6 is 0 Å². The number of nitrogens with two attached hydrogens (primary N) is 2. The van der Waals surface area contributed by atoms with Gasteiger partial charge in [0.05, 0.1) is 42.3 Å². The number of carbonyl (C=O) groups is 11. The standard InChI is InChI=1S/C70H88F2N6O19/c1-37-47(35-70(92)60(96-63(89)41-20-14-11-15-21-41)58-68(8)36-93-49(68)34-48(80)69(58,9)59(86)56(85)54(37)67(70,6)7)94-64(90)57(55(40-18-12-10-13-19-40)78-65(91)97-66(3,4)5)95-53(84)30-29-50(81)75-31-17-16-22-45(62(74)88)77-52(83)28-25-42(61(73)87)32-46(79)38(2)76-51(82)27-24-39-23-26-43(71)33-44(39)72/h10-15,18-21,23-24,26-27,33,38,42,45,47-49,55-58,60,80,85,92H,16-17,22,25,28-32,34-36H2,1-9H3,(H2,73,87)(H2,74,88)(H,75,81)(H,76,82)(H,77,83)(H,78,91)/b27-24+/t38?,42-,45?,47+,48+,49-,55-,56-,57-,58-,60+,68-,69-,70-/m1/s1. The van der Waals surface area contributed by atoms with Crippen LogP contribution < -0.4 is 32.7 Å². The number of esters is 3. The van der Waals surface area contributed by atoms with Crippen LogP contribution in [0.1, 0.15) is 154 Å². The quantitative estimate of drug-likeness (QED) is 0.0154. The Morgan fingerprint density at radius 3 is 2.08 bits per heavy atom. The van der Waals surface area contributed by atoms with Crippen molar-refractivity contribution in [3.8, 4) is 0 Å². The van der Waals surface area contributed by atoms with Crippen LogP contribution in [-0.4, -0.2) is 153 Å². The van der Waals surface area contributed by atoms with E-state index in [9.17, 15) is 67.3 Å². The SMILES string of the molecule is CC1=C2[C@@H](O)C(=O)[C@@]3(C)[C@H]([C@H](OC(=O)c4ccccc4)[C@](O)(C[C@@H]1OC(=O)[C@H](OC(=O)CCC(=O)NCCCCC(NC(=O)CC[C@H](CC(=O)C(C)NC(=O)/C=C/c1ccc(F)cc1F)C(N)=O)C(N)=O)[C@H](NC(=O)OC(C)(C)C)c1ccccc1)C2(C)C)[C@]1(C)CO[C@@H]1C[C@@H]3O. The molecule has 25 nitrogen and oxygen atoms in total. The zero-order valence-corrected chi connectivity index (χ0v) is 55.8. The van der Waals surface area contributed by atoms with E-state index < -0.39 is 196 Å². The molecule has 11 N–H and O–H groups in total. The lowest BCUT2D eigenvalue weighted by Gasteiger charge is -2.68. The topological polar surface area (TPSA) is 395 Å². The summed E-state index contributed by atoms with van der Waals surface area (Å²) in [5.41, 5.74) is 3.40. The predicted octanol–water partition coefficient (Wildman–Crippen LogP) is 4.89. The van der Waals surface area contributed by atoms with Crippen molar-refractivity contribution in [2.75, 3.05) is 13.2 Å². The van der Waals surface area contributed by atoms with Crippen LogP contribution in [-0.2, 0) is 66.8 Å². The van der Waals surface area contributed by atoms with Gasteiger partial charge in [0.15, 0.2) is 11.6 Å². The molecule has 97 heavy (non-hydrogen) atoms. The molecule has 526 valence electrons. The van der Waals surface area contributed by atoms with Gasteiger partial charge in [-0.1, -0.05) is 69.3 Å². The smallest absolute Gasteiger partial charge is 0.408 e. The Kier molecular flexibility index (Phi) is 24.3. The minimum absolute atomic E-state index is 0.00672. The molecule has 3 fully saturated rings. The third-order valence-electron chi connectivity index (χ3n) is 19.2. The van der Waals surface area contributed by atoms with Crippen LogP contribution in [0.4, 0.5) is 13.6 Å². The number of Topliss-reactive ketones (excluding diaryl/α,β-unsaturated/α-hetero) is 2. The Hall–Kier alpha value is -8.79. The Labute approximate surface area is 560 Å². The monoisotopic (exact) mass is 1350 g/mol. The Balaban J connectivity index is 1.01. The summed E-state index contributed by atoms with van der Waals surface area (Å²) in [6, 6.07) is 14.6. The number of alkyl carbamates (subject to hydrolysis) is 1. The maximum atomic E-state index is 15.2. The summed E-state index contributed by atoms with van der Waals surface area (Å²) in [6.45, 7) is 14.1. The Bertz CT molecular complexity index is 3540. The van der Waals surface area contributed by atoms with Crippen molar-refractivity contribution < 1.29 is 101 Å². The highest BCUT2D eigenvalue weighted by molar-refractivity contribution is 5.97. The van der Waals surface area contributed by atoms with Gasteiger partial charge in [0, 0.05) is 79.0 Å². The van der Waals surface area contributed by atoms with Gasteiger partial charge in [-0.05, 0) is 114 Å². The summed E-state index contributed by atoms with van der Waals surface area (Å²) in [5.74, 6) is -12.8. The van der Waals surface area contributed by atoms with Gasteiger partial charge in [-0.15, -0.1) is 0 Å². The number of fused-ring (bicyclic) bond motifs is 5. The lowest BCUT2D eigenvalue weighted by atomic mass is 9.42. The molecule has 3 aliphatic carbocycles. The Morgan fingerprint density at radius 2 is 1.47 bits per heavy atom. The molecule has 3 aromatic rings. The highest BCUT2D eigenvalue weighted by Crippen LogP contribution is 2.66. The van der Waals surface area contributed by atoms with Gasteiger partial charge >= 0.3 is 24.0 Å². The fourth-order valence-corrected chi connectivity index (χ4v) is 13.6. The highest BCUT2D eigenvalue weighted by Gasteiger charge is 2.75. The number of halogens is 2. The van der Waals surface area contributed by atoms with E-state index in [0.717, 1.165) is 24.3 Å². The average molecular weight is 1360 g/mol. The van der Waals surface area contributed by atoms with Crippen molar-refractivity contribution in [3.05, 3.63) is 124 Å². The molecule has 6 amide bonds. The molecule has 1 heterocycles. The normalized spacial score (nSPS) is 25.6. The lowest BCUT2D eigenvalue weighted by Crippen LogP contribution is -2.77. The van der Waals surface area contributed by atoms with E-state index in [0.29, 0.717) is 6.07 Å². The first-order valence-electron chi connectivity index (χ1n) is 32.2. The predicted molar refractivity (Wildman–Crippen MR) is 343 cm³/mol. The van der Waals surface area contributed by atoms with E-state index in [1.54, 1.807) is 77.9 Å². The molecule has 7 rings (SSSR count). The number of amides is 6. The zero-order valence-electron chi connectivity index (χ0n) is 55.8. The van der Waals surface area contributed by atoms with E-state index in [2.05, 4.69) is 21.3 Å². The van der Waals surface area contributed by atoms with Crippen LogP contribution in [0.25, 0.3) is 6.08 Å². The average Bonchev–Trinajstić information content (AvgIpc) is 0.674. The molecule has 3 aromatic carbocycles. The maximum Gasteiger partial charge on any atom is 0.408 e. The number of ether oxygens (including phenoxy) is 5.